The van der Waals surface area contributed by atoms with Crippen LogP contribution in [-0.4, -0.2) is 51.7 Å². The first-order valence-electron chi connectivity index (χ1n) is 8.18. The number of anilines is 1. The van der Waals surface area contributed by atoms with Gasteiger partial charge in [0.1, 0.15) is 0 Å². The molecule has 0 atom stereocenters. The molecule has 136 valence electrons. The second-order valence-corrected chi connectivity index (χ2v) is 7.59. The lowest BCUT2D eigenvalue weighted by Crippen LogP contribution is -2.35. The van der Waals surface area contributed by atoms with Gasteiger partial charge in [-0.25, -0.2) is 8.42 Å². The molecule has 0 aromatic heterocycles. The first-order valence-corrected chi connectivity index (χ1v) is 10.0. The minimum absolute atomic E-state index is 0.109. The second-order valence-electron chi connectivity index (χ2n) is 5.61. The van der Waals surface area contributed by atoms with Crippen LogP contribution >= 0.6 is 0 Å². The van der Waals surface area contributed by atoms with Gasteiger partial charge in [0, 0.05) is 32.3 Å². The van der Waals surface area contributed by atoms with Crippen molar-refractivity contribution in [1.29, 1.82) is 0 Å². The number of nitrogens with zero attached hydrogens (tertiary/aromatic N) is 1. The smallest absolute Gasteiger partial charge is 0.225 e. The number of benzene rings is 1. The van der Waals surface area contributed by atoms with Crippen LogP contribution in [0.3, 0.4) is 0 Å². The van der Waals surface area contributed by atoms with Gasteiger partial charge in [-0.1, -0.05) is 32.0 Å². The minimum Gasteiger partial charge on any atom is -0.383 e. The van der Waals surface area contributed by atoms with E-state index in [1.165, 1.54) is 11.4 Å². The highest BCUT2D eigenvalue weighted by Crippen LogP contribution is 2.22. The van der Waals surface area contributed by atoms with Crippen LogP contribution in [0.5, 0.6) is 0 Å². The normalized spacial score (nSPS) is 11.7. The van der Waals surface area contributed by atoms with Crippen LogP contribution < -0.4 is 5.32 Å². The Hall–Kier alpha value is -1.44. The van der Waals surface area contributed by atoms with Crippen LogP contribution in [0.1, 0.15) is 31.4 Å². The van der Waals surface area contributed by atoms with Crippen LogP contribution in [0.25, 0.3) is 0 Å². The maximum Gasteiger partial charge on any atom is 0.225 e. The van der Waals surface area contributed by atoms with Gasteiger partial charge in [0.25, 0.3) is 0 Å². The molecule has 0 bridgehead atoms. The third kappa shape index (κ3) is 6.22. The van der Waals surface area contributed by atoms with Crippen molar-refractivity contribution >= 4 is 21.6 Å². The molecular weight excluding hydrogens is 328 g/mol. The molecule has 0 fully saturated rings. The topological polar surface area (TPSA) is 75.7 Å². The van der Waals surface area contributed by atoms with Gasteiger partial charge in [-0.05, 0) is 24.0 Å². The summed E-state index contributed by atoms with van der Waals surface area (Å²) in [6.07, 6.45) is 2.90. The third-order valence-electron chi connectivity index (χ3n) is 3.87. The summed E-state index contributed by atoms with van der Waals surface area (Å²) in [5.41, 5.74) is 3.03. The number of carbonyl (C=O) groups excluding carboxylic acids is 1. The molecule has 1 rings (SSSR count). The van der Waals surface area contributed by atoms with Gasteiger partial charge in [0.2, 0.25) is 15.9 Å². The number of amides is 1. The number of rotatable bonds is 10. The van der Waals surface area contributed by atoms with Crippen LogP contribution in [-0.2, 0) is 32.4 Å². The van der Waals surface area contributed by atoms with E-state index < -0.39 is 10.0 Å². The Morgan fingerprint density at radius 3 is 2.21 bits per heavy atom. The Morgan fingerprint density at radius 1 is 1.17 bits per heavy atom. The van der Waals surface area contributed by atoms with E-state index >= 15 is 0 Å². The largest absolute Gasteiger partial charge is 0.383 e. The Labute approximate surface area is 145 Å². The maximum absolute atomic E-state index is 12.3. The molecule has 1 aromatic carbocycles. The number of sulfonamides is 1. The number of methoxy groups -OCH3 is 1. The highest BCUT2D eigenvalue weighted by atomic mass is 32.2. The van der Waals surface area contributed by atoms with Crippen molar-refractivity contribution in [2.24, 2.45) is 0 Å². The molecule has 0 unspecified atom stereocenters. The lowest BCUT2D eigenvalue weighted by Gasteiger charge is -2.20. The first-order chi connectivity index (χ1) is 11.3. The molecule has 0 aliphatic heterocycles. The molecule has 1 aromatic rings. The maximum atomic E-state index is 12.3. The summed E-state index contributed by atoms with van der Waals surface area (Å²) in [6, 6.07) is 5.98. The number of para-hydroxylation sites is 1. The molecule has 0 heterocycles. The highest BCUT2D eigenvalue weighted by molar-refractivity contribution is 7.88. The fourth-order valence-electron chi connectivity index (χ4n) is 2.47. The summed E-state index contributed by atoms with van der Waals surface area (Å²) in [5.74, 6) is -0.184. The van der Waals surface area contributed by atoms with Gasteiger partial charge < -0.3 is 10.1 Å². The molecule has 0 radical (unpaired) electrons. The monoisotopic (exact) mass is 356 g/mol. The summed E-state index contributed by atoms with van der Waals surface area (Å²) in [5, 5.41) is 2.95. The Kier molecular flexibility index (Phi) is 8.38. The molecule has 0 spiro atoms. The quantitative estimate of drug-likeness (QED) is 0.696. The lowest BCUT2D eigenvalue weighted by atomic mass is 10.0. The standard InChI is InChI=1S/C17H28N2O4S/c1-5-14-8-7-9-15(6-2)17(14)18-16(20)10-11-19(12-13-23-3)24(4,21)22/h7-9H,5-6,10-13H2,1-4H3,(H,18,20). The number of aryl methyl sites for hydroxylation is 2. The average molecular weight is 356 g/mol. The van der Waals surface area contributed by atoms with Crippen molar-refractivity contribution in [3.05, 3.63) is 29.3 Å². The molecule has 24 heavy (non-hydrogen) atoms. The zero-order valence-corrected chi connectivity index (χ0v) is 15.8. The van der Waals surface area contributed by atoms with Gasteiger partial charge in [-0.2, -0.15) is 4.31 Å². The molecule has 0 saturated carbocycles. The fraction of sp³-hybridized carbons (Fsp3) is 0.588. The third-order valence-corrected chi connectivity index (χ3v) is 5.17. The summed E-state index contributed by atoms with van der Waals surface area (Å²) in [4.78, 5) is 12.3. The molecule has 7 heteroatoms. The van der Waals surface area contributed by atoms with Crippen LogP contribution in [0.4, 0.5) is 5.69 Å². The summed E-state index contributed by atoms with van der Waals surface area (Å²) in [7, 11) is -1.84. The average Bonchev–Trinajstić information content (AvgIpc) is 2.53. The van der Waals surface area contributed by atoms with Crippen molar-refractivity contribution in [2.45, 2.75) is 33.1 Å². The molecule has 0 saturated heterocycles. The van der Waals surface area contributed by atoms with E-state index in [1.807, 2.05) is 32.0 Å². The Balaban J connectivity index is 2.76. The van der Waals surface area contributed by atoms with E-state index in [4.69, 9.17) is 4.74 Å². The zero-order valence-electron chi connectivity index (χ0n) is 15.0. The molecule has 6 nitrogen and oxygen atoms in total. The van der Waals surface area contributed by atoms with Crippen LogP contribution in [0, 0.1) is 0 Å². The van der Waals surface area contributed by atoms with E-state index in [9.17, 15) is 13.2 Å². The minimum atomic E-state index is -3.36. The predicted molar refractivity (Wildman–Crippen MR) is 96.7 cm³/mol. The Morgan fingerprint density at radius 2 is 1.75 bits per heavy atom. The zero-order chi connectivity index (χ0) is 18.2. The van der Waals surface area contributed by atoms with E-state index in [0.717, 1.165) is 35.9 Å². The van der Waals surface area contributed by atoms with Gasteiger partial charge in [-0.15, -0.1) is 0 Å². The van der Waals surface area contributed by atoms with Gasteiger partial charge >= 0.3 is 0 Å². The van der Waals surface area contributed by atoms with Crippen molar-refractivity contribution in [3.63, 3.8) is 0 Å². The number of nitrogens with one attached hydrogen (secondary N) is 1. The van der Waals surface area contributed by atoms with E-state index in [-0.39, 0.29) is 25.4 Å². The molecule has 0 aliphatic rings. The predicted octanol–water partition coefficient (Wildman–Crippen LogP) is 2.05. The number of hydrogen-bond acceptors (Lipinski definition) is 4. The summed E-state index contributed by atoms with van der Waals surface area (Å²) in [6.45, 7) is 4.77. The fourth-order valence-corrected chi connectivity index (χ4v) is 3.30. The van der Waals surface area contributed by atoms with Crippen molar-refractivity contribution < 1.29 is 17.9 Å². The molecule has 1 amide bonds. The van der Waals surface area contributed by atoms with Crippen molar-refractivity contribution in [3.8, 4) is 0 Å². The SMILES string of the molecule is CCc1cccc(CC)c1NC(=O)CCN(CCOC)S(C)(=O)=O. The van der Waals surface area contributed by atoms with E-state index in [1.54, 1.807) is 0 Å². The first kappa shape index (κ1) is 20.6. The number of hydrogen-bond donors (Lipinski definition) is 1. The lowest BCUT2D eigenvalue weighted by molar-refractivity contribution is -0.116. The molecular formula is C17H28N2O4S. The van der Waals surface area contributed by atoms with Crippen LogP contribution in [0.2, 0.25) is 0 Å². The van der Waals surface area contributed by atoms with Crippen LogP contribution in [0.15, 0.2) is 18.2 Å². The number of ether oxygens (including phenoxy) is 1. The molecule has 1 N–H and O–H groups in total. The van der Waals surface area contributed by atoms with E-state index in [2.05, 4.69) is 5.32 Å². The second kappa shape index (κ2) is 9.76. The van der Waals surface area contributed by atoms with Crippen molar-refractivity contribution in [2.75, 3.05) is 38.4 Å². The summed E-state index contributed by atoms with van der Waals surface area (Å²) >= 11 is 0. The van der Waals surface area contributed by atoms with Crippen molar-refractivity contribution in [1.82, 2.24) is 4.31 Å². The summed E-state index contributed by atoms with van der Waals surface area (Å²) < 4.78 is 29.7. The highest BCUT2D eigenvalue weighted by Gasteiger charge is 2.18. The Bertz CT molecular complexity index is 622. The molecule has 0 aliphatic carbocycles. The van der Waals surface area contributed by atoms with Gasteiger partial charge in [-0.3, -0.25) is 4.79 Å². The number of carbonyl (C=O) groups is 1. The van der Waals surface area contributed by atoms with Gasteiger partial charge in [0.05, 0.1) is 12.9 Å². The van der Waals surface area contributed by atoms with Gasteiger partial charge in [0.15, 0.2) is 0 Å². The van der Waals surface area contributed by atoms with E-state index in [0.29, 0.717) is 6.61 Å².